The van der Waals surface area contributed by atoms with Crippen molar-refractivity contribution in [3.8, 4) is 0 Å². The molecular weight excluding hydrogens is 304 g/mol. The van der Waals surface area contributed by atoms with Gasteiger partial charge in [-0.05, 0) is 30.4 Å². The molecule has 2 aromatic carbocycles. The molecule has 0 saturated heterocycles. The Labute approximate surface area is 142 Å². The molecule has 2 aromatic rings. The average molecular weight is 328 g/mol. The van der Waals surface area contributed by atoms with Crippen molar-refractivity contribution in [1.82, 2.24) is 5.32 Å². The van der Waals surface area contributed by atoms with E-state index in [2.05, 4.69) is 5.32 Å². The predicted molar refractivity (Wildman–Crippen MR) is 93.8 cm³/mol. The zero-order chi connectivity index (χ0) is 17.4. The maximum atomic E-state index is 11.0. The minimum absolute atomic E-state index is 0.273. The molecule has 5 nitrogen and oxygen atoms in total. The van der Waals surface area contributed by atoms with Gasteiger partial charge in [-0.3, -0.25) is 0 Å². The Hall–Kier alpha value is -2.37. The minimum atomic E-state index is -1.10. The molecule has 0 aliphatic carbocycles. The number of carbonyl (C=O) groups is 1. The van der Waals surface area contributed by atoms with E-state index in [1.165, 1.54) is 0 Å². The first-order valence-corrected chi connectivity index (χ1v) is 8.05. The van der Waals surface area contributed by atoms with Crippen LogP contribution in [-0.2, 0) is 12.8 Å². The fourth-order valence-electron chi connectivity index (χ4n) is 2.76. The van der Waals surface area contributed by atoms with Crippen LogP contribution >= 0.6 is 0 Å². The lowest BCUT2D eigenvalue weighted by molar-refractivity contribution is 0.119. The van der Waals surface area contributed by atoms with E-state index in [-0.39, 0.29) is 12.5 Å². The van der Waals surface area contributed by atoms with Crippen molar-refractivity contribution in [3.63, 3.8) is 0 Å². The molecular formula is C19H24N2O3. The zero-order valence-electron chi connectivity index (χ0n) is 13.5. The summed E-state index contributed by atoms with van der Waals surface area (Å²) in [5, 5.41) is 21.9. The fourth-order valence-corrected chi connectivity index (χ4v) is 2.76. The van der Waals surface area contributed by atoms with Crippen LogP contribution in [0.4, 0.5) is 4.79 Å². The lowest BCUT2D eigenvalue weighted by Crippen LogP contribution is -2.44. The van der Waals surface area contributed by atoms with E-state index in [1.807, 2.05) is 60.7 Å². The maximum Gasteiger partial charge on any atom is 0.404 e. The SMILES string of the molecule is N[C@@H](Cc1ccccc1)[C@@H](O)C[C@H](Cc1ccccc1)NC(=O)O. The van der Waals surface area contributed by atoms with Crippen LogP contribution in [-0.4, -0.2) is 34.5 Å². The molecule has 24 heavy (non-hydrogen) atoms. The number of hydrogen-bond donors (Lipinski definition) is 4. The van der Waals surface area contributed by atoms with Crippen LogP contribution in [0, 0.1) is 0 Å². The van der Waals surface area contributed by atoms with Gasteiger partial charge in [0.1, 0.15) is 0 Å². The van der Waals surface area contributed by atoms with Crippen molar-refractivity contribution in [3.05, 3.63) is 71.8 Å². The molecule has 3 atom stereocenters. The predicted octanol–water partition coefficient (Wildman–Crippen LogP) is 2.19. The molecule has 0 saturated carbocycles. The molecule has 0 fully saturated rings. The summed E-state index contributed by atoms with van der Waals surface area (Å²) in [6, 6.07) is 18.5. The standard InChI is InChI=1S/C19H24N2O3/c20-17(12-15-9-5-2-6-10-15)18(22)13-16(21-19(23)24)11-14-7-3-1-4-8-14/h1-10,16-18,21-22H,11-13,20H2,(H,23,24)/t16-,17-,18-/m0/s1. The first-order valence-electron chi connectivity index (χ1n) is 8.05. The van der Waals surface area contributed by atoms with Crippen LogP contribution in [0.15, 0.2) is 60.7 Å². The number of benzene rings is 2. The quantitative estimate of drug-likeness (QED) is 0.597. The number of aliphatic hydroxyl groups excluding tert-OH is 1. The summed E-state index contributed by atoms with van der Waals surface area (Å²) in [6.45, 7) is 0. The largest absolute Gasteiger partial charge is 0.465 e. The van der Waals surface area contributed by atoms with E-state index in [0.29, 0.717) is 12.8 Å². The summed E-state index contributed by atoms with van der Waals surface area (Å²) < 4.78 is 0. The molecule has 0 radical (unpaired) electrons. The molecule has 128 valence electrons. The van der Waals surface area contributed by atoms with Gasteiger partial charge in [0.15, 0.2) is 0 Å². The van der Waals surface area contributed by atoms with Gasteiger partial charge in [0.25, 0.3) is 0 Å². The summed E-state index contributed by atoms with van der Waals surface area (Å²) >= 11 is 0. The van der Waals surface area contributed by atoms with Crippen LogP contribution in [0.5, 0.6) is 0 Å². The van der Waals surface area contributed by atoms with Crippen molar-refractivity contribution in [2.24, 2.45) is 5.73 Å². The van der Waals surface area contributed by atoms with Crippen molar-refractivity contribution in [2.75, 3.05) is 0 Å². The normalized spacial score (nSPS) is 14.6. The van der Waals surface area contributed by atoms with E-state index >= 15 is 0 Å². The number of nitrogens with two attached hydrogens (primary N) is 1. The third kappa shape index (κ3) is 6.02. The van der Waals surface area contributed by atoms with Gasteiger partial charge in [0.05, 0.1) is 6.10 Å². The van der Waals surface area contributed by atoms with Crippen molar-refractivity contribution in [1.29, 1.82) is 0 Å². The summed E-state index contributed by atoms with van der Waals surface area (Å²) in [6.07, 6.45) is -0.546. The first-order chi connectivity index (χ1) is 11.5. The van der Waals surface area contributed by atoms with Gasteiger partial charge in [0.2, 0.25) is 0 Å². The summed E-state index contributed by atoms with van der Waals surface area (Å²) in [7, 11) is 0. The van der Waals surface area contributed by atoms with Gasteiger partial charge in [0, 0.05) is 12.1 Å². The molecule has 2 rings (SSSR count). The number of aliphatic hydroxyl groups is 1. The van der Waals surface area contributed by atoms with Crippen LogP contribution in [0.2, 0.25) is 0 Å². The molecule has 0 aliphatic heterocycles. The average Bonchev–Trinajstić information content (AvgIpc) is 2.56. The number of rotatable bonds is 8. The van der Waals surface area contributed by atoms with Crippen LogP contribution in [0.25, 0.3) is 0 Å². The number of nitrogens with one attached hydrogen (secondary N) is 1. The van der Waals surface area contributed by atoms with E-state index in [1.54, 1.807) is 0 Å². The molecule has 0 heterocycles. The Balaban J connectivity index is 1.95. The number of carboxylic acid groups (broad SMARTS) is 1. The molecule has 1 amide bonds. The highest BCUT2D eigenvalue weighted by atomic mass is 16.4. The number of amides is 1. The van der Waals surface area contributed by atoms with Gasteiger partial charge < -0.3 is 21.3 Å². The molecule has 0 aliphatic rings. The second kappa shape index (κ2) is 9.05. The van der Waals surface area contributed by atoms with Gasteiger partial charge in [-0.15, -0.1) is 0 Å². The lowest BCUT2D eigenvalue weighted by atomic mass is 9.94. The highest BCUT2D eigenvalue weighted by molar-refractivity contribution is 5.64. The Bertz CT molecular complexity index is 619. The highest BCUT2D eigenvalue weighted by Gasteiger charge is 2.22. The topological polar surface area (TPSA) is 95.6 Å². The van der Waals surface area contributed by atoms with E-state index in [0.717, 1.165) is 11.1 Å². The second-order valence-corrected chi connectivity index (χ2v) is 5.99. The first kappa shape index (κ1) is 18.0. The Morgan fingerprint density at radius 2 is 1.46 bits per heavy atom. The summed E-state index contributed by atoms with van der Waals surface area (Å²) in [5.74, 6) is 0. The number of hydrogen-bond acceptors (Lipinski definition) is 3. The van der Waals surface area contributed by atoms with E-state index in [4.69, 9.17) is 10.8 Å². The van der Waals surface area contributed by atoms with Crippen LogP contribution in [0.1, 0.15) is 17.5 Å². The summed E-state index contributed by atoms with van der Waals surface area (Å²) in [5.41, 5.74) is 8.16. The smallest absolute Gasteiger partial charge is 0.404 e. The molecule has 0 bridgehead atoms. The third-order valence-corrected chi connectivity index (χ3v) is 3.99. The minimum Gasteiger partial charge on any atom is -0.465 e. The monoisotopic (exact) mass is 328 g/mol. The van der Waals surface area contributed by atoms with Gasteiger partial charge in [-0.1, -0.05) is 60.7 Å². The molecule has 0 aromatic heterocycles. The van der Waals surface area contributed by atoms with Crippen LogP contribution < -0.4 is 11.1 Å². The highest BCUT2D eigenvalue weighted by Crippen LogP contribution is 2.12. The maximum absolute atomic E-state index is 11.0. The van der Waals surface area contributed by atoms with Crippen molar-refractivity contribution >= 4 is 6.09 Å². The molecule has 0 spiro atoms. The zero-order valence-corrected chi connectivity index (χ0v) is 13.5. The Morgan fingerprint density at radius 1 is 0.958 bits per heavy atom. The van der Waals surface area contributed by atoms with Crippen molar-refractivity contribution < 1.29 is 15.0 Å². The van der Waals surface area contributed by atoms with E-state index in [9.17, 15) is 9.90 Å². The van der Waals surface area contributed by atoms with Crippen LogP contribution in [0.3, 0.4) is 0 Å². The molecule has 5 N–H and O–H groups in total. The van der Waals surface area contributed by atoms with E-state index < -0.39 is 18.2 Å². The van der Waals surface area contributed by atoms with Gasteiger partial charge >= 0.3 is 6.09 Å². The second-order valence-electron chi connectivity index (χ2n) is 5.99. The summed E-state index contributed by atoms with van der Waals surface area (Å²) in [4.78, 5) is 11.0. The third-order valence-electron chi connectivity index (χ3n) is 3.99. The molecule has 0 unspecified atom stereocenters. The fraction of sp³-hybridized carbons (Fsp3) is 0.316. The van der Waals surface area contributed by atoms with Gasteiger partial charge in [-0.2, -0.15) is 0 Å². The lowest BCUT2D eigenvalue weighted by Gasteiger charge is -2.24. The Morgan fingerprint density at radius 3 is 1.96 bits per heavy atom. The Kier molecular flexibility index (Phi) is 6.78. The molecule has 5 heteroatoms. The van der Waals surface area contributed by atoms with Crippen molar-refractivity contribution in [2.45, 2.75) is 37.5 Å². The van der Waals surface area contributed by atoms with Gasteiger partial charge in [-0.25, -0.2) is 4.79 Å².